The first-order valence-electron chi connectivity index (χ1n) is 45.0. The van der Waals surface area contributed by atoms with Crippen LogP contribution in [0.3, 0.4) is 0 Å². The van der Waals surface area contributed by atoms with Crippen molar-refractivity contribution in [2.75, 3.05) is 0 Å². The molecule has 0 fully saturated rings. The minimum absolute atomic E-state index is 0.500. The molecule has 0 atom stereocenters. The summed E-state index contributed by atoms with van der Waals surface area (Å²) in [6.07, 6.45) is 1.83. The fourth-order valence-electron chi connectivity index (χ4n) is 20.3. The molecule has 14 nitrogen and oxygen atoms in total. The van der Waals surface area contributed by atoms with Crippen LogP contribution in [0, 0.1) is 6.57 Å². The van der Waals surface area contributed by atoms with Crippen LogP contribution < -0.4 is 0 Å². The Labute approximate surface area is 780 Å². The molecule has 18 aromatic carbocycles. The zero-order chi connectivity index (χ0) is 89.3. The Kier molecular flexibility index (Phi) is 17.2. The number of pyridine rings is 1. The summed E-state index contributed by atoms with van der Waals surface area (Å²) in [7, 11) is 0. The summed E-state index contributed by atoms with van der Waals surface area (Å²) in [6, 6.07) is 139. The van der Waals surface area contributed by atoms with Gasteiger partial charge in [-0.15, -0.1) is 22.7 Å². The summed E-state index contributed by atoms with van der Waals surface area (Å²) in [5.74, 6) is 2.31. The molecule has 0 aliphatic heterocycles. The molecular formula is C120H67N11O3S2. The van der Waals surface area contributed by atoms with Gasteiger partial charge in [-0.05, 0) is 183 Å². The molecule has 632 valence electrons. The average molecular weight is 1780 g/mol. The molecule has 0 amide bonds. The van der Waals surface area contributed by atoms with Gasteiger partial charge in [0, 0.05) is 108 Å². The van der Waals surface area contributed by atoms with Gasteiger partial charge in [-0.1, -0.05) is 261 Å². The normalized spacial score (nSPS) is 12.0. The largest absolute Gasteiger partial charge is 0.456 e. The van der Waals surface area contributed by atoms with Crippen LogP contribution in [0.2, 0.25) is 0 Å². The Hall–Kier alpha value is -18.1. The van der Waals surface area contributed by atoms with Gasteiger partial charge in [0.25, 0.3) is 0 Å². The third-order valence-corrected chi connectivity index (χ3v) is 28.8. The third-order valence-electron chi connectivity index (χ3n) is 26.7. The van der Waals surface area contributed by atoms with E-state index in [1.165, 1.54) is 53.2 Å². The van der Waals surface area contributed by atoms with E-state index in [2.05, 4.69) is 333 Å². The number of benzene rings is 18. The number of furan rings is 3. The second-order valence-corrected chi connectivity index (χ2v) is 36.5. The van der Waals surface area contributed by atoms with E-state index in [-0.39, 0.29) is 0 Å². The minimum atomic E-state index is 0.500. The topological polar surface area (TPSA) is 149 Å². The summed E-state index contributed by atoms with van der Waals surface area (Å²) in [5.41, 5.74) is 23.8. The highest BCUT2D eigenvalue weighted by atomic mass is 32.1. The third kappa shape index (κ3) is 12.3. The van der Waals surface area contributed by atoms with Crippen molar-refractivity contribution >= 4 is 233 Å². The molecule has 12 heterocycles. The molecule has 16 heteroatoms. The monoisotopic (exact) mass is 1770 g/mol. The second-order valence-electron chi connectivity index (χ2n) is 34.4. The van der Waals surface area contributed by atoms with E-state index in [1.54, 1.807) is 22.7 Å². The van der Waals surface area contributed by atoms with Crippen molar-refractivity contribution in [1.29, 1.82) is 0 Å². The molecule has 0 aliphatic rings. The molecule has 0 saturated heterocycles. The molecule has 0 radical (unpaired) electrons. The van der Waals surface area contributed by atoms with Gasteiger partial charge in [-0.25, -0.2) is 29.8 Å². The quantitative estimate of drug-likeness (QED) is 0.135. The smallest absolute Gasteiger partial charge is 0.248 e. The van der Waals surface area contributed by atoms with Crippen molar-refractivity contribution in [3.8, 4) is 73.6 Å². The number of aromatic nitrogens is 10. The van der Waals surface area contributed by atoms with Gasteiger partial charge in [0.05, 0.1) is 45.4 Å². The number of hydrogen-bond acceptors (Lipinski definition) is 12. The van der Waals surface area contributed by atoms with Crippen LogP contribution in [0.1, 0.15) is 0 Å². The summed E-state index contributed by atoms with van der Waals surface area (Å²) in [4.78, 5) is 42.4. The minimum Gasteiger partial charge on any atom is -0.456 e. The fraction of sp³-hybridized carbons (Fsp3) is 0. The van der Waals surface area contributed by atoms with Crippen LogP contribution in [0.4, 0.5) is 5.69 Å². The highest BCUT2D eigenvalue weighted by molar-refractivity contribution is 7.25. The van der Waals surface area contributed by atoms with Crippen LogP contribution in [-0.4, -0.2) is 48.6 Å². The molecule has 0 unspecified atom stereocenters. The van der Waals surface area contributed by atoms with Crippen LogP contribution in [0.15, 0.2) is 420 Å². The van der Waals surface area contributed by atoms with E-state index in [9.17, 15) is 0 Å². The van der Waals surface area contributed by atoms with Crippen LogP contribution in [-0.2, 0) is 0 Å². The van der Waals surface area contributed by atoms with Gasteiger partial charge < -0.3 is 13.3 Å². The lowest BCUT2D eigenvalue weighted by molar-refractivity contribution is 0.652. The predicted molar refractivity (Wildman–Crippen MR) is 560 cm³/mol. The molecule has 0 saturated carbocycles. The Bertz CT molecular complexity index is 9900. The number of rotatable bonds is 8. The molecule has 30 aromatic rings. The number of fused-ring (bicyclic) bond motifs is 27. The number of para-hydroxylation sites is 5. The number of nitrogens with zero attached hydrogens (tertiary/aromatic N) is 11. The maximum absolute atomic E-state index is 7.39. The molecule has 136 heavy (non-hydrogen) atoms. The molecular weight excluding hydrogens is 1710 g/mol. The first-order chi connectivity index (χ1) is 67.3. The Morgan fingerprint density at radius 2 is 0.640 bits per heavy atom. The maximum atomic E-state index is 7.39. The lowest BCUT2D eigenvalue weighted by Crippen LogP contribution is -2.03. The van der Waals surface area contributed by atoms with Gasteiger partial charge >= 0.3 is 0 Å². The van der Waals surface area contributed by atoms with Gasteiger partial charge in [0.15, 0.2) is 23.1 Å². The standard InChI is InChI=1S/C44H25N3O2.C43H24N4OS.C33H18N4S/c1-2-10-26(11-3-1)29-18-20-33-40(25-29)49-44-42(33)45-41(30-19-21-39-35(23-30)32-15-7-9-17-38(32)48-39)43(46-44)47-36-16-8-6-14-31(36)34-22-27-12-4-5-13-28(27)24-37(34)47;1-2-10-26-23-36-32(21-25(26)9-1)29-11-3-5-14-35(29)47(36)42-40(28-17-19-38-33(22-28)30-12-4-6-15-37(30)48-38)45-41-31-18-16-27(34-13-7-8-20-44-34)24-39(31)49-43(41)46-42;1-34-23-16-14-20(15-17-23)30-32(36-33-31(35-30)25-11-5-7-13-29(25)38-33)37-27-12-6-4-10-24(27)26-18-21-8-2-3-9-22(21)19-28(26)37/h1-25H;1-24H;2-19H. The zero-order valence-corrected chi connectivity index (χ0v) is 73.8. The summed E-state index contributed by atoms with van der Waals surface area (Å²) in [5, 5.41) is 21.6. The van der Waals surface area contributed by atoms with Crippen molar-refractivity contribution < 1.29 is 13.3 Å². The van der Waals surface area contributed by atoms with Crippen molar-refractivity contribution in [3.05, 3.63) is 418 Å². The lowest BCUT2D eigenvalue weighted by Gasteiger charge is -2.13. The van der Waals surface area contributed by atoms with Crippen LogP contribution in [0.5, 0.6) is 0 Å². The van der Waals surface area contributed by atoms with Gasteiger partial charge in [-0.2, -0.15) is 4.98 Å². The molecule has 12 aromatic heterocycles. The first kappa shape index (κ1) is 76.7. The van der Waals surface area contributed by atoms with Gasteiger partial charge in [0.1, 0.15) is 71.2 Å². The van der Waals surface area contributed by atoms with Crippen LogP contribution in [0.25, 0.3) is 283 Å². The van der Waals surface area contributed by atoms with Crippen LogP contribution >= 0.6 is 22.7 Å². The Morgan fingerprint density at radius 3 is 1.16 bits per heavy atom. The van der Waals surface area contributed by atoms with Crippen molar-refractivity contribution in [1.82, 2.24) is 48.6 Å². The lowest BCUT2D eigenvalue weighted by atomic mass is 10.0. The fourth-order valence-corrected chi connectivity index (χ4v) is 22.4. The van der Waals surface area contributed by atoms with Crippen molar-refractivity contribution in [3.63, 3.8) is 0 Å². The predicted octanol–water partition coefficient (Wildman–Crippen LogP) is 32.9. The van der Waals surface area contributed by atoms with Gasteiger partial charge in [-0.3, -0.25) is 18.7 Å². The highest BCUT2D eigenvalue weighted by Gasteiger charge is 2.29. The van der Waals surface area contributed by atoms with E-state index in [0.717, 1.165) is 214 Å². The van der Waals surface area contributed by atoms with E-state index >= 15 is 0 Å². The first-order valence-corrected chi connectivity index (χ1v) is 46.7. The number of thiophene rings is 2. The second kappa shape index (κ2) is 30.5. The highest BCUT2D eigenvalue weighted by Crippen LogP contribution is 2.48. The van der Waals surface area contributed by atoms with Gasteiger partial charge in [0.2, 0.25) is 5.71 Å². The zero-order valence-electron chi connectivity index (χ0n) is 72.1. The summed E-state index contributed by atoms with van der Waals surface area (Å²) < 4.78 is 28.1. The Balaban J connectivity index is 0.000000102. The number of hydrogen-bond donors (Lipinski definition) is 0. The molecule has 30 rings (SSSR count). The average Bonchev–Trinajstić information content (AvgIpc) is 1.57. The van der Waals surface area contributed by atoms with Crippen molar-refractivity contribution in [2.24, 2.45) is 0 Å². The van der Waals surface area contributed by atoms with E-state index in [4.69, 9.17) is 49.7 Å². The summed E-state index contributed by atoms with van der Waals surface area (Å²) >= 11 is 3.34. The molecule has 0 spiro atoms. The van der Waals surface area contributed by atoms with E-state index < -0.39 is 0 Å². The molecule has 0 aliphatic carbocycles. The van der Waals surface area contributed by atoms with E-state index in [1.807, 2.05) is 97.2 Å². The molecule has 0 bridgehead atoms. The van der Waals surface area contributed by atoms with Crippen molar-refractivity contribution in [2.45, 2.75) is 0 Å². The summed E-state index contributed by atoms with van der Waals surface area (Å²) in [6.45, 7) is 7.39. The van der Waals surface area contributed by atoms with E-state index in [0.29, 0.717) is 17.2 Å². The SMILES string of the molecule is [C-]#[N+]c1ccc(-c2nc3c(nc2-n2c4ccccc4c4cc5ccccc5cc42)sc2ccccc23)cc1.c1ccc(-c2ccc3c(c2)oc2nc(-n4c5ccccc5c5cc6ccccc6cc54)c(-c4ccc5oc6ccccc6c5c4)nc23)cc1.c1ccc(-c2ccc3c(c2)sc2nc(-n4c5ccccc5c5cc6ccccc6cc54)c(-c4ccc5oc6ccccc6c5c4)nc23)nc1. The Morgan fingerprint density at radius 1 is 0.235 bits per heavy atom. The maximum Gasteiger partial charge on any atom is 0.248 e. The molecule has 0 N–H and O–H groups in total.